The summed E-state index contributed by atoms with van der Waals surface area (Å²) < 4.78 is 67.3. The number of benzene rings is 1. The zero-order valence-electron chi connectivity index (χ0n) is 15.3. The van der Waals surface area contributed by atoms with Gasteiger partial charge in [-0.05, 0) is 54.0 Å². The smallest absolute Gasteiger partial charge is 0.262 e. The predicted molar refractivity (Wildman–Crippen MR) is 99.2 cm³/mol. The predicted octanol–water partition coefficient (Wildman–Crippen LogP) is 6.02. The molecule has 1 unspecified atom stereocenters. The molecule has 1 aliphatic rings. The number of pyridine rings is 1. The maximum absolute atomic E-state index is 13.7. The van der Waals surface area contributed by atoms with E-state index in [1.165, 1.54) is 23.0 Å². The fraction of sp³-hybridized carbons (Fsp3) is 0.238. The molecule has 1 aliphatic heterocycles. The summed E-state index contributed by atoms with van der Waals surface area (Å²) in [7, 11) is 0. The molecule has 3 heterocycles. The molecule has 0 bridgehead atoms. The third kappa shape index (κ3) is 3.66. The maximum Gasteiger partial charge on any atom is 0.416 e. The molecule has 0 saturated heterocycles. The van der Waals surface area contributed by atoms with Gasteiger partial charge in [0.25, 0.3) is 6.43 Å². The van der Waals surface area contributed by atoms with Crippen molar-refractivity contribution < 1.29 is 22.0 Å². The number of alkyl halides is 5. The lowest BCUT2D eigenvalue weighted by Crippen LogP contribution is -2.23. The molecule has 2 aromatic heterocycles. The number of nitrogens with zero attached hydrogens (tertiary/aromatic N) is 3. The van der Waals surface area contributed by atoms with Crippen LogP contribution < -0.4 is 0 Å². The molecule has 1 aromatic carbocycles. The van der Waals surface area contributed by atoms with E-state index in [9.17, 15) is 22.0 Å². The van der Waals surface area contributed by atoms with Crippen LogP contribution >= 0.6 is 0 Å². The van der Waals surface area contributed by atoms with E-state index >= 15 is 0 Å². The van der Waals surface area contributed by atoms with Crippen LogP contribution in [0.3, 0.4) is 0 Å². The molecule has 0 radical (unpaired) electrons. The largest absolute Gasteiger partial charge is 0.416 e. The van der Waals surface area contributed by atoms with E-state index in [0.717, 1.165) is 23.4 Å². The van der Waals surface area contributed by atoms with E-state index in [4.69, 9.17) is 0 Å². The molecule has 1 atom stereocenters. The molecule has 0 saturated carbocycles. The minimum Gasteiger partial charge on any atom is -0.262 e. The van der Waals surface area contributed by atoms with Gasteiger partial charge in [0.2, 0.25) is 0 Å². The first-order chi connectivity index (χ1) is 13.7. The van der Waals surface area contributed by atoms with E-state index in [1.807, 2.05) is 13.0 Å². The molecule has 0 spiro atoms. The Morgan fingerprint density at radius 2 is 1.79 bits per heavy atom. The number of allylic oxidation sites excluding steroid dienone is 1. The lowest BCUT2D eigenvalue weighted by Gasteiger charge is -2.25. The average Bonchev–Trinajstić information content (AvgIpc) is 3.10. The van der Waals surface area contributed by atoms with Crippen molar-refractivity contribution in [1.82, 2.24) is 14.8 Å². The highest BCUT2D eigenvalue weighted by atomic mass is 19.4. The van der Waals surface area contributed by atoms with Crippen molar-refractivity contribution >= 4 is 11.6 Å². The highest BCUT2D eigenvalue weighted by Gasteiger charge is 2.33. The van der Waals surface area contributed by atoms with Crippen LogP contribution in [0.2, 0.25) is 0 Å². The summed E-state index contributed by atoms with van der Waals surface area (Å²) in [6.45, 7) is 1.82. The minimum atomic E-state index is -4.45. The summed E-state index contributed by atoms with van der Waals surface area (Å²) in [6, 6.07) is 6.97. The molecule has 0 fully saturated rings. The Bertz CT molecular complexity index is 1060. The first-order valence-corrected chi connectivity index (χ1v) is 8.91. The third-order valence-electron chi connectivity index (χ3n) is 4.97. The van der Waals surface area contributed by atoms with E-state index in [1.54, 1.807) is 18.3 Å². The molecular formula is C21H16F5N3. The molecule has 150 valence electrons. The zero-order valence-corrected chi connectivity index (χ0v) is 15.3. The Balaban J connectivity index is 1.80. The van der Waals surface area contributed by atoms with Crippen LogP contribution in [0.15, 0.2) is 48.8 Å². The number of rotatable bonds is 3. The number of aryl methyl sites for hydroxylation is 1. The average molecular weight is 405 g/mol. The molecule has 3 nitrogen and oxygen atoms in total. The molecule has 4 rings (SSSR count). The van der Waals surface area contributed by atoms with Crippen LogP contribution in [0.25, 0.3) is 22.8 Å². The quantitative estimate of drug-likeness (QED) is 0.499. The van der Waals surface area contributed by atoms with Gasteiger partial charge in [-0.25, -0.2) is 8.78 Å². The number of fused-ring (bicyclic) bond motifs is 1. The normalized spacial score (nSPS) is 16.7. The van der Waals surface area contributed by atoms with Crippen LogP contribution in [0.1, 0.15) is 35.0 Å². The van der Waals surface area contributed by atoms with Crippen molar-refractivity contribution in [2.24, 2.45) is 0 Å². The van der Waals surface area contributed by atoms with Gasteiger partial charge < -0.3 is 0 Å². The van der Waals surface area contributed by atoms with Gasteiger partial charge in [-0.15, -0.1) is 0 Å². The second-order valence-electron chi connectivity index (χ2n) is 6.92. The van der Waals surface area contributed by atoms with Crippen LogP contribution in [-0.4, -0.2) is 21.2 Å². The summed E-state index contributed by atoms with van der Waals surface area (Å²) in [5.41, 5.74) is 2.98. The minimum absolute atomic E-state index is 0.0213. The molecular weight excluding hydrogens is 389 g/mol. The van der Waals surface area contributed by atoms with Crippen molar-refractivity contribution in [2.45, 2.75) is 32.0 Å². The first kappa shape index (κ1) is 19.3. The zero-order chi connectivity index (χ0) is 20.8. The topological polar surface area (TPSA) is 30.7 Å². The Hall–Kier alpha value is -3.03. The van der Waals surface area contributed by atoms with Crippen LogP contribution in [0.5, 0.6) is 0 Å². The van der Waals surface area contributed by atoms with E-state index in [2.05, 4.69) is 10.1 Å². The molecule has 8 heteroatoms. The van der Waals surface area contributed by atoms with Gasteiger partial charge in [0.15, 0.2) is 0 Å². The van der Waals surface area contributed by atoms with Crippen molar-refractivity contribution in [2.75, 3.05) is 0 Å². The second kappa shape index (κ2) is 7.09. The molecule has 0 aliphatic carbocycles. The van der Waals surface area contributed by atoms with Gasteiger partial charge in [0.05, 0.1) is 17.5 Å². The fourth-order valence-corrected chi connectivity index (χ4v) is 3.52. The number of hydrogen-bond acceptors (Lipinski definition) is 2. The SMILES string of the molecule is Cc1cc(-c2cnn3c2C=C(c2ccc(C(F)(F)F)cc2)CC3C(F)F)ccn1. The summed E-state index contributed by atoms with van der Waals surface area (Å²) in [5.74, 6) is 0. The van der Waals surface area contributed by atoms with Crippen molar-refractivity contribution in [3.8, 4) is 11.1 Å². The molecule has 0 amide bonds. The van der Waals surface area contributed by atoms with Gasteiger partial charge in [-0.2, -0.15) is 18.3 Å². The lowest BCUT2D eigenvalue weighted by atomic mass is 9.92. The Kier molecular flexibility index (Phi) is 4.72. The van der Waals surface area contributed by atoms with Gasteiger partial charge in [-0.3, -0.25) is 9.67 Å². The van der Waals surface area contributed by atoms with E-state index < -0.39 is 24.2 Å². The van der Waals surface area contributed by atoms with Crippen molar-refractivity contribution in [3.63, 3.8) is 0 Å². The van der Waals surface area contributed by atoms with Crippen LogP contribution in [0, 0.1) is 6.92 Å². The number of aromatic nitrogens is 3. The molecule has 3 aromatic rings. The summed E-state index contributed by atoms with van der Waals surface area (Å²) in [6.07, 6.45) is -2.25. The highest BCUT2D eigenvalue weighted by Crippen LogP contribution is 2.40. The van der Waals surface area contributed by atoms with Crippen LogP contribution in [-0.2, 0) is 6.18 Å². The van der Waals surface area contributed by atoms with Crippen LogP contribution in [0.4, 0.5) is 22.0 Å². The van der Waals surface area contributed by atoms with Gasteiger partial charge in [-0.1, -0.05) is 12.1 Å². The van der Waals surface area contributed by atoms with Crippen molar-refractivity contribution in [3.05, 3.63) is 71.3 Å². The second-order valence-corrected chi connectivity index (χ2v) is 6.92. The summed E-state index contributed by atoms with van der Waals surface area (Å²) in [5, 5.41) is 4.16. The molecule has 29 heavy (non-hydrogen) atoms. The Labute approximate surface area is 163 Å². The highest BCUT2D eigenvalue weighted by molar-refractivity contribution is 5.87. The first-order valence-electron chi connectivity index (χ1n) is 8.91. The number of hydrogen-bond donors (Lipinski definition) is 0. The Morgan fingerprint density at radius 3 is 2.41 bits per heavy atom. The standard InChI is InChI=1S/C21H16F5N3/c1-12-8-14(6-7-27-12)17-11-28-29-18(17)9-15(10-19(29)20(22)23)13-2-4-16(5-3-13)21(24,25)26/h2-9,11,19-20H,10H2,1H3. The monoisotopic (exact) mass is 405 g/mol. The Morgan fingerprint density at radius 1 is 1.07 bits per heavy atom. The van der Waals surface area contributed by atoms with E-state index in [-0.39, 0.29) is 6.42 Å². The maximum atomic E-state index is 13.7. The van der Waals surface area contributed by atoms with Gasteiger partial charge >= 0.3 is 6.18 Å². The van der Waals surface area contributed by atoms with Gasteiger partial charge in [0, 0.05) is 23.9 Å². The molecule has 0 N–H and O–H groups in total. The fourth-order valence-electron chi connectivity index (χ4n) is 3.52. The lowest BCUT2D eigenvalue weighted by molar-refractivity contribution is -0.137. The summed E-state index contributed by atoms with van der Waals surface area (Å²) >= 11 is 0. The van der Waals surface area contributed by atoms with E-state index in [0.29, 0.717) is 22.4 Å². The van der Waals surface area contributed by atoms with Crippen molar-refractivity contribution in [1.29, 1.82) is 0 Å². The number of halogens is 5. The summed E-state index contributed by atoms with van der Waals surface area (Å²) in [4.78, 5) is 4.14. The van der Waals surface area contributed by atoms with Gasteiger partial charge in [0.1, 0.15) is 6.04 Å². The third-order valence-corrected chi connectivity index (χ3v) is 4.97.